The average molecular weight is 246 g/mol. The van der Waals surface area contributed by atoms with Gasteiger partial charge in [0.25, 0.3) is 0 Å². The second kappa shape index (κ2) is 3.91. The molecule has 16 heavy (non-hydrogen) atoms. The molecule has 88 valence electrons. The lowest BCUT2D eigenvalue weighted by molar-refractivity contribution is 0.0409. The van der Waals surface area contributed by atoms with Crippen molar-refractivity contribution in [3.8, 4) is 0 Å². The number of rotatable bonds is 3. The molecule has 0 bridgehead atoms. The Bertz CT molecular complexity index is 496. The highest BCUT2D eigenvalue weighted by atomic mass is 32.2. The Morgan fingerprint density at radius 2 is 2.12 bits per heavy atom. The van der Waals surface area contributed by atoms with Gasteiger partial charge in [-0.3, -0.25) is 0 Å². The minimum atomic E-state index is -3.52. The maximum atomic E-state index is 11.8. The quantitative estimate of drug-likeness (QED) is 0.710. The second-order valence-electron chi connectivity index (χ2n) is 3.31. The molecule has 0 atom stereocenters. The van der Waals surface area contributed by atoms with E-state index in [2.05, 4.69) is 4.74 Å². The zero-order valence-electron chi connectivity index (χ0n) is 8.50. The normalized spacial score (nSPS) is 16.8. The van der Waals surface area contributed by atoms with Gasteiger partial charge in [-0.2, -0.15) is 0 Å². The zero-order valence-corrected chi connectivity index (χ0v) is 9.32. The molecule has 0 unspecified atom stereocenters. The van der Waals surface area contributed by atoms with Gasteiger partial charge < -0.3 is 13.9 Å². The third-order valence-electron chi connectivity index (χ3n) is 2.29. The molecule has 6 nitrogen and oxygen atoms in total. The first-order valence-electron chi connectivity index (χ1n) is 4.55. The van der Waals surface area contributed by atoms with Gasteiger partial charge in [-0.25, -0.2) is 13.2 Å². The first-order chi connectivity index (χ1) is 7.55. The predicted octanol–water partition coefficient (Wildman–Crippen LogP) is 0.239. The summed E-state index contributed by atoms with van der Waals surface area (Å²) in [6.07, 6.45) is 0. The number of hydrogen-bond acceptors (Lipinski definition) is 6. The molecule has 2 heterocycles. The van der Waals surface area contributed by atoms with Gasteiger partial charge in [0.2, 0.25) is 20.7 Å². The summed E-state index contributed by atoms with van der Waals surface area (Å²) >= 11 is 0. The van der Waals surface area contributed by atoms with E-state index in [0.29, 0.717) is 0 Å². The number of esters is 1. The van der Waals surface area contributed by atoms with E-state index in [1.165, 1.54) is 19.2 Å². The molecule has 2 rings (SSSR count). The monoisotopic (exact) mass is 246 g/mol. The first-order valence-corrected chi connectivity index (χ1v) is 6.10. The Morgan fingerprint density at radius 1 is 1.44 bits per heavy atom. The van der Waals surface area contributed by atoms with Crippen LogP contribution in [0.2, 0.25) is 0 Å². The SMILES string of the molecule is COC(=O)c1ccc(S(=O)(=O)C2COC2)o1. The van der Waals surface area contributed by atoms with Crippen LogP contribution in [0.15, 0.2) is 21.6 Å². The molecule has 1 aromatic rings. The molecule has 1 fully saturated rings. The van der Waals surface area contributed by atoms with Crippen LogP contribution in [0.3, 0.4) is 0 Å². The topological polar surface area (TPSA) is 82.8 Å². The van der Waals surface area contributed by atoms with E-state index in [0.717, 1.165) is 0 Å². The Balaban J connectivity index is 2.27. The standard InChI is InChI=1S/C9H10O6S/c1-13-9(10)7-2-3-8(15-7)16(11,12)6-4-14-5-6/h2-3,6H,4-5H2,1H3. The molecule has 0 aromatic carbocycles. The van der Waals surface area contributed by atoms with Crippen LogP contribution >= 0.6 is 0 Å². The Morgan fingerprint density at radius 3 is 2.62 bits per heavy atom. The highest BCUT2D eigenvalue weighted by Crippen LogP contribution is 2.23. The van der Waals surface area contributed by atoms with E-state index in [1.807, 2.05) is 0 Å². The van der Waals surface area contributed by atoms with Crippen LogP contribution in [0.25, 0.3) is 0 Å². The summed E-state index contributed by atoms with van der Waals surface area (Å²) in [5.41, 5.74) is 0. The Labute approximate surface area is 92.1 Å². The fraction of sp³-hybridized carbons (Fsp3) is 0.444. The average Bonchev–Trinajstić information content (AvgIpc) is 2.62. The lowest BCUT2D eigenvalue weighted by atomic mass is 10.4. The summed E-state index contributed by atoms with van der Waals surface area (Å²) in [6.45, 7) is 0.327. The molecule has 0 N–H and O–H groups in total. The number of carbonyl (C=O) groups is 1. The smallest absolute Gasteiger partial charge is 0.374 e. The highest BCUT2D eigenvalue weighted by molar-refractivity contribution is 7.92. The molecule has 0 radical (unpaired) electrons. The Hall–Kier alpha value is -1.34. The van der Waals surface area contributed by atoms with Crippen molar-refractivity contribution in [2.45, 2.75) is 10.3 Å². The van der Waals surface area contributed by atoms with Crippen LogP contribution in [-0.2, 0) is 19.3 Å². The maximum Gasteiger partial charge on any atom is 0.374 e. The van der Waals surface area contributed by atoms with Crippen LogP contribution in [-0.4, -0.2) is 40.0 Å². The molecular weight excluding hydrogens is 236 g/mol. The van der Waals surface area contributed by atoms with Gasteiger partial charge in [0.1, 0.15) is 5.25 Å². The summed E-state index contributed by atoms with van der Waals surface area (Å²) in [7, 11) is -2.33. The molecule has 1 saturated heterocycles. The van der Waals surface area contributed by atoms with Crippen molar-refractivity contribution in [2.75, 3.05) is 20.3 Å². The summed E-state index contributed by atoms with van der Waals surface area (Å²) in [5.74, 6) is -0.826. The van der Waals surface area contributed by atoms with Gasteiger partial charge >= 0.3 is 5.97 Å². The van der Waals surface area contributed by atoms with E-state index in [1.54, 1.807) is 0 Å². The van der Waals surface area contributed by atoms with E-state index in [9.17, 15) is 13.2 Å². The molecule has 1 aliphatic heterocycles. The molecule has 0 spiro atoms. The van der Waals surface area contributed by atoms with Gasteiger partial charge in [-0.1, -0.05) is 0 Å². The number of methoxy groups -OCH3 is 1. The molecule has 0 aliphatic carbocycles. The maximum absolute atomic E-state index is 11.8. The van der Waals surface area contributed by atoms with Crippen molar-refractivity contribution in [1.82, 2.24) is 0 Å². The summed E-state index contributed by atoms with van der Waals surface area (Å²) in [6, 6.07) is 2.53. The molecule has 1 aliphatic rings. The van der Waals surface area contributed by atoms with Crippen molar-refractivity contribution in [3.05, 3.63) is 17.9 Å². The molecular formula is C9H10O6S. The minimum Gasteiger partial charge on any atom is -0.463 e. The van der Waals surface area contributed by atoms with E-state index in [4.69, 9.17) is 9.15 Å². The first kappa shape index (κ1) is 11.2. The Kier molecular flexibility index (Phi) is 2.73. The largest absolute Gasteiger partial charge is 0.463 e. The van der Waals surface area contributed by atoms with Crippen molar-refractivity contribution in [3.63, 3.8) is 0 Å². The van der Waals surface area contributed by atoms with Gasteiger partial charge in [0, 0.05) is 0 Å². The van der Waals surface area contributed by atoms with E-state index >= 15 is 0 Å². The third kappa shape index (κ3) is 1.72. The van der Waals surface area contributed by atoms with Crippen LogP contribution in [0.5, 0.6) is 0 Å². The van der Waals surface area contributed by atoms with Crippen molar-refractivity contribution < 1.29 is 27.1 Å². The van der Waals surface area contributed by atoms with Crippen LogP contribution in [0, 0.1) is 0 Å². The van der Waals surface area contributed by atoms with E-state index in [-0.39, 0.29) is 24.1 Å². The van der Waals surface area contributed by atoms with Gasteiger partial charge in [-0.05, 0) is 12.1 Å². The zero-order chi connectivity index (χ0) is 11.8. The van der Waals surface area contributed by atoms with Crippen LogP contribution < -0.4 is 0 Å². The van der Waals surface area contributed by atoms with E-state index < -0.39 is 21.1 Å². The fourth-order valence-corrected chi connectivity index (χ4v) is 2.58. The number of hydrogen-bond donors (Lipinski definition) is 0. The number of ether oxygens (including phenoxy) is 2. The molecule has 7 heteroatoms. The summed E-state index contributed by atoms with van der Waals surface area (Å²) in [5, 5.41) is -0.801. The summed E-state index contributed by atoms with van der Waals surface area (Å²) in [4.78, 5) is 11.1. The van der Waals surface area contributed by atoms with Crippen molar-refractivity contribution in [2.24, 2.45) is 0 Å². The lowest BCUT2D eigenvalue weighted by Crippen LogP contribution is -2.40. The predicted molar refractivity (Wildman–Crippen MR) is 51.8 cm³/mol. The highest BCUT2D eigenvalue weighted by Gasteiger charge is 2.36. The van der Waals surface area contributed by atoms with Crippen LogP contribution in [0.4, 0.5) is 0 Å². The van der Waals surface area contributed by atoms with Crippen LogP contribution in [0.1, 0.15) is 10.6 Å². The second-order valence-corrected chi connectivity index (χ2v) is 5.47. The fourth-order valence-electron chi connectivity index (χ4n) is 1.24. The summed E-state index contributed by atoms with van der Waals surface area (Å²) < 4.78 is 37.8. The number of sulfone groups is 1. The van der Waals surface area contributed by atoms with Crippen molar-refractivity contribution in [1.29, 1.82) is 0 Å². The van der Waals surface area contributed by atoms with Gasteiger partial charge in [0.15, 0.2) is 0 Å². The van der Waals surface area contributed by atoms with Crippen molar-refractivity contribution >= 4 is 15.8 Å². The third-order valence-corrected chi connectivity index (χ3v) is 4.22. The molecule has 0 saturated carbocycles. The molecule has 0 amide bonds. The number of carbonyl (C=O) groups excluding carboxylic acids is 1. The lowest BCUT2D eigenvalue weighted by Gasteiger charge is -2.24. The molecule has 1 aromatic heterocycles. The minimum absolute atomic E-state index is 0.124. The number of furan rings is 1. The van der Waals surface area contributed by atoms with Gasteiger partial charge in [0.05, 0.1) is 20.3 Å². The van der Waals surface area contributed by atoms with Gasteiger partial charge in [-0.15, -0.1) is 0 Å².